The predicted molar refractivity (Wildman–Crippen MR) is 231 cm³/mol. The molecule has 0 spiro atoms. The van der Waals surface area contributed by atoms with Crippen molar-refractivity contribution in [1.29, 1.82) is 0 Å². The highest BCUT2D eigenvalue weighted by atomic mass is 16.3. The summed E-state index contributed by atoms with van der Waals surface area (Å²) in [4.78, 5) is 10.1. The van der Waals surface area contributed by atoms with Gasteiger partial charge in [0, 0.05) is 49.5 Å². The smallest absolute Gasteiger partial charge is 0.160 e. The average Bonchev–Trinajstić information content (AvgIpc) is 3.83. The second kappa shape index (κ2) is 13.1. The zero-order valence-electron chi connectivity index (χ0n) is 30.3. The molecule has 4 heteroatoms. The fraction of sp³-hybridized carbons (Fsp3) is 0. The topological polar surface area (TPSA) is 43.9 Å². The molecule has 0 aliphatic rings. The molecule has 11 aromatic rings. The number of nitrogens with zero attached hydrogens (tertiary/aromatic N) is 3. The highest BCUT2D eigenvalue weighted by Gasteiger charge is 2.17. The molecule has 3 aromatic heterocycles. The lowest BCUT2D eigenvalue weighted by atomic mass is 9.99. The predicted octanol–water partition coefficient (Wildman–Crippen LogP) is 13.8. The highest BCUT2D eigenvalue weighted by Crippen LogP contribution is 2.39. The largest absolute Gasteiger partial charge is 0.455 e. The normalized spacial score (nSPS) is 11.6. The average molecular weight is 716 g/mol. The van der Waals surface area contributed by atoms with Gasteiger partial charge in [-0.2, -0.15) is 0 Å². The van der Waals surface area contributed by atoms with Crippen LogP contribution in [0, 0.1) is 0 Å². The molecule has 0 fully saturated rings. The standard InChI is InChI=1S/C52H33N3O/c1-3-14-34(15-4-1)46-33-47(54-52(53-46)35-16-5-2-6-17-35)39-20-11-18-36(30-39)37-28-29-49-45(32-37)42-22-7-9-26-48(42)55(49)40-21-12-19-38(31-40)41-24-13-25-44-43-23-8-10-27-50(43)56-51(41)44/h1-33H. The minimum atomic E-state index is 0.708. The van der Waals surface area contributed by atoms with Crippen LogP contribution in [-0.4, -0.2) is 14.5 Å². The summed E-state index contributed by atoms with van der Waals surface area (Å²) >= 11 is 0. The van der Waals surface area contributed by atoms with E-state index in [1.54, 1.807) is 0 Å². The van der Waals surface area contributed by atoms with Gasteiger partial charge in [-0.05, 0) is 65.2 Å². The molecule has 0 amide bonds. The Balaban J connectivity index is 1.02. The van der Waals surface area contributed by atoms with Gasteiger partial charge >= 0.3 is 0 Å². The fourth-order valence-corrected chi connectivity index (χ4v) is 8.14. The van der Waals surface area contributed by atoms with Gasteiger partial charge in [0.25, 0.3) is 0 Å². The minimum absolute atomic E-state index is 0.708. The molecule has 0 bridgehead atoms. The lowest BCUT2D eigenvalue weighted by Gasteiger charge is -2.12. The van der Waals surface area contributed by atoms with E-state index in [2.05, 4.69) is 156 Å². The highest BCUT2D eigenvalue weighted by molar-refractivity contribution is 6.11. The Hall–Kier alpha value is -7.56. The van der Waals surface area contributed by atoms with Crippen molar-refractivity contribution in [3.63, 3.8) is 0 Å². The zero-order chi connectivity index (χ0) is 37.0. The van der Waals surface area contributed by atoms with Crippen molar-refractivity contribution in [2.45, 2.75) is 0 Å². The molecule has 4 nitrogen and oxygen atoms in total. The van der Waals surface area contributed by atoms with E-state index < -0.39 is 0 Å². The van der Waals surface area contributed by atoms with Crippen molar-refractivity contribution < 1.29 is 4.42 Å². The first kappa shape index (κ1) is 31.9. The number of aromatic nitrogens is 3. The van der Waals surface area contributed by atoms with Crippen LogP contribution in [0.3, 0.4) is 0 Å². The lowest BCUT2D eigenvalue weighted by molar-refractivity contribution is 0.670. The van der Waals surface area contributed by atoms with Crippen LogP contribution in [0.4, 0.5) is 0 Å². The quantitative estimate of drug-likeness (QED) is 0.172. The number of hydrogen-bond donors (Lipinski definition) is 0. The molecular weight excluding hydrogens is 683 g/mol. The van der Waals surface area contributed by atoms with E-state index in [1.807, 2.05) is 48.5 Å². The van der Waals surface area contributed by atoms with Gasteiger partial charge in [0.15, 0.2) is 5.82 Å². The summed E-state index contributed by atoms with van der Waals surface area (Å²) in [6, 6.07) is 70.3. The summed E-state index contributed by atoms with van der Waals surface area (Å²) in [5, 5.41) is 4.68. The maximum absolute atomic E-state index is 6.44. The van der Waals surface area contributed by atoms with Gasteiger partial charge < -0.3 is 8.98 Å². The minimum Gasteiger partial charge on any atom is -0.455 e. The van der Waals surface area contributed by atoms with Crippen LogP contribution in [0.25, 0.3) is 106 Å². The van der Waals surface area contributed by atoms with Crippen LogP contribution in [0.15, 0.2) is 205 Å². The van der Waals surface area contributed by atoms with Crippen molar-refractivity contribution in [2.24, 2.45) is 0 Å². The van der Waals surface area contributed by atoms with Crippen molar-refractivity contribution in [3.05, 3.63) is 200 Å². The van der Waals surface area contributed by atoms with E-state index >= 15 is 0 Å². The Kier molecular flexibility index (Phi) is 7.46. The maximum Gasteiger partial charge on any atom is 0.160 e. The van der Waals surface area contributed by atoms with Gasteiger partial charge in [-0.15, -0.1) is 0 Å². The number of hydrogen-bond acceptors (Lipinski definition) is 3. The molecule has 11 rings (SSSR count). The van der Waals surface area contributed by atoms with Crippen LogP contribution in [0.5, 0.6) is 0 Å². The van der Waals surface area contributed by atoms with Gasteiger partial charge in [-0.25, -0.2) is 9.97 Å². The second-order valence-corrected chi connectivity index (χ2v) is 14.2. The Morgan fingerprint density at radius 3 is 1.82 bits per heavy atom. The summed E-state index contributed by atoms with van der Waals surface area (Å²) in [6.45, 7) is 0. The first-order chi connectivity index (χ1) is 27.7. The number of para-hydroxylation sites is 3. The van der Waals surface area contributed by atoms with E-state index in [1.165, 1.54) is 10.8 Å². The van der Waals surface area contributed by atoms with Crippen LogP contribution < -0.4 is 0 Å². The van der Waals surface area contributed by atoms with Crippen LogP contribution in [0.2, 0.25) is 0 Å². The summed E-state index contributed by atoms with van der Waals surface area (Å²) in [7, 11) is 0. The molecule has 0 aliphatic carbocycles. The molecule has 0 unspecified atom stereocenters. The fourth-order valence-electron chi connectivity index (χ4n) is 8.14. The van der Waals surface area contributed by atoms with Gasteiger partial charge in [-0.3, -0.25) is 0 Å². The molecule has 0 N–H and O–H groups in total. The van der Waals surface area contributed by atoms with Crippen molar-refractivity contribution in [2.75, 3.05) is 0 Å². The van der Waals surface area contributed by atoms with Gasteiger partial charge in [0.1, 0.15) is 11.2 Å². The van der Waals surface area contributed by atoms with Crippen molar-refractivity contribution in [3.8, 4) is 61.8 Å². The number of benzene rings is 8. The third kappa shape index (κ3) is 5.39. The third-order valence-corrected chi connectivity index (χ3v) is 10.8. The summed E-state index contributed by atoms with van der Waals surface area (Å²) in [5.74, 6) is 0.708. The molecule has 56 heavy (non-hydrogen) atoms. The van der Waals surface area contributed by atoms with E-state index in [0.29, 0.717) is 5.82 Å². The van der Waals surface area contributed by atoms with E-state index in [-0.39, 0.29) is 0 Å². The van der Waals surface area contributed by atoms with Gasteiger partial charge in [0.2, 0.25) is 0 Å². The van der Waals surface area contributed by atoms with Crippen LogP contribution >= 0.6 is 0 Å². The molecule has 3 heterocycles. The van der Waals surface area contributed by atoms with Crippen molar-refractivity contribution >= 4 is 43.7 Å². The SMILES string of the molecule is c1ccc(-c2cc(-c3cccc(-c4ccc5c(c4)c4ccccc4n5-c4cccc(-c5cccc6c5oc5ccccc56)c4)c3)nc(-c3ccccc3)n2)cc1. The Morgan fingerprint density at radius 1 is 0.357 bits per heavy atom. The Labute approximate surface area is 323 Å². The molecule has 0 saturated carbocycles. The molecule has 0 aliphatic heterocycles. The van der Waals surface area contributed by atoms with Crippen LogP contribution in [0.1, 0.15) is 0 Å². The summed E-state index contributed by atoms with van der Waals surface area (Å²) in [6.07, 6.45) is 0. The number of furan rings is 1. The maximum atomic E-state index is 6.44. The monoisotopic (exact) mass is 715 g/mol. The lowest BCUT2D eigenvalue weighted by Crippen LogP contribution is -1.96. The third-order valence-electron chi connectivity index (χ3n) is 10.8. The molecule has 0 saturated heterocycles. The van der Waals surface area contributed by atoms with Crippen LogP contribution in [-0.2, 0) is 0 Å². The zero-order valence-corrected chi connectivity index (χ0v) is 30.3. The summed E-state index contributed by atoms with van der Waals surface area (Å²) in [5.41, 5.74) is 14.6. The van der Waals surface area contributed by atoms with E-state index in [4.69, 9.17) is 14.4 Å². The van der Waals surface area contributed by atoms with E-state index in [0.717, 1.165) is 89.0 Å². The van der Waals surface area contributed by atoms with E-state index in [9.17, 15) is 0 Å². The Morgan fingerprint density at radius 2 is 0.964 bits per heavy atom. The molecular formula is C52H33N3O. The first-order valence-electron chi connectivity index (χ1n) is 18.9. The van der Waals surface area contributed by atoms with Gasteiger partial charge in [0.05, 0.1) is 22.4 Å². The molecule has 0 radical (unpaired) electrons. The van der Waals surface area contributed by atoms with Crippen molar-refractivity contribution in [1.82, 2.24) is 14.5 Å². The Bertz CT molecular complexity index is 3190. The molecule has 262 valence electrons. The summed E-state index contributed by atoms with van der Waals surface area (Å²) < 4.78 is 8.82. The molecule has 8 aromatic carbocycles. The van der Waals surface area contributed by atoms with Gasteiger partial charge in [-0.1, -0.05) is 152 Å². The molecule has 0 atom stereocenters. The number of rotatable bonds is 6. The number of fused-ring (bicyclic) bond motifs is 6. The second-order valence-electron chi connectivity index (χ2n) is 14.2. The first-order valence-corrected chi connectivity index (χ1v) is 18.9.